The van der Waals surface area contributed by atoms with Gasteiger partial charge in [-0.25, -0.2) is 4.79 Å². The van der Waals surface area contributed by atoms with Crippen molar-refractivity contribution in [2.75, 3.05) is 0 Å². The van der Waals surface area contributed by atoms with Crippen LogP contribution in [0.1, 0.15) is 60.9 Å². The predicted molar refractivity (Wildman–Crippen MR) is 86.4 cm³/mol. The minimum absolute atomic E-state index is 0.333. The van der Waals surface area contributed by atoms with Crippen LogP contribution in [0.3, 0.4) is 0 Å². The second kappa shape index (κ2) is 8.15. The zero-order valence-corrected chi connectivity index (χ0v) is 13.1. The zero-order valence-electron chi connectivity index (χ0n) is 13.1. The van der Waals surface area contributed by atoms with Crippen molar-refractivity contribution in [3.8, 4) is 12.1 Å². The minimum Gasteiger partial charge on any atom is -0.455 e. The maximum Gasteiger partial charge on any atom is 0.338 e. The van der Waals surface area contributed by atoms with E-state index in [1.54, 1.807) is 24.3 Å². The Hall–Kier alpha value is -2.59. The Morgan fingerprint density at radius 1 is 1.17 bits per heavy atom. The third-order valence-corrected chi connectivity index (χ3v) is 4.28. The van der Waals surface area contributed by atoms with Gasteiger partial charge in [-0.1, -0.05) is 12.5 Å². The van der Waals surface area contributed by atoms with E-state index in [9.17, 15) is 4.79 Å². The second-order valence-electron chi connectivity index (χ2n) is 5.89. The Morgan fingerprint density at radius 3 is 2.48 bits per heavy atom. The van der Waals surface area contributed by atoms with Crippen molar-refractivity contribution in [3.63, 3.8) is 0 Å². The number of carbonyl (C=O) groups excluding carboxylic acids is 1. The number of hydrogen-bond donors (Lipinski definition) is 0. The number of esters is 1. The minimum atomic E-state index is -0.428. The number of rotatable bonds is 5. The SMILES string of the molecule is N#C/C=C/CCC1(OC(=O)c2ccc(C#N)cc2)CCCCC1. The van der Waals surface area contributed by atoms with Gasteiger partial charge in [0.05, 0.1) is 23.3 Å². The van der Waals surface area contributed by atoms with Gasteiger partial charge < -0.3 is 4.74 Å². The fourth-order valence-corrected chi connectivity index (χ4v) is 3.02. The number of nitrogens with zero attached hydrogens (tertiary/aromatic N) is 2. The zero-order chi connectivity index (χ0) is 16.5. The molecule has 0 aliphatic heterocycles. The molecule has 0 spiro atoms. The number of nitriles is 2. The average molecular weight is 308 g/mol. The Morgan fingerprint density at radius 2 is 1.87 bits per heavy atom. The largest absolute Gasteiger partial charge is 0.455 e. The Balaban J connectivity index is 2.06. The first-order valence-electron chi connectivity index (χ1n) is 7.97. The molecule has 0 aromatic heterocycles. The van der Waals surface area contributed by atoms with E-state index < -0.39 is 5.60 Å². The van der Waals surface area contributed by atoms with Gasteiger partial charge >= 0.3 is 5.97 Å². The second-order valence-corrected chi connectivity index (χ2v) is 5.89. The molecule has 0 unspecified atom stereocenters. The van der Waals surface area contributed by atoms with Gasteiger partial charge in [0, 0.05) is 6.08 Å². The van der Waals surface area contributed by atoms with Gasteiger partial charge in [0.1, 0.15) is 5.60 Å². The lowest BCUT2D eigenvalue weighted by molar-refractivity contribution is -0.0418. The van der Waals surface area contributed by atoms with E-state index in [-0.39, 0.29) is 5.97 Å². The number of benzene rings is 1. The van der Waals surface area contributed by atoms with Crippen molar-refractivity contribution in [3.05, 3.63) is 47.5 Å². The molecule has 0 heterocycles. The lowest BCUT2D eigenvalue weighted by atomic mass is 9.81. The summed E-state index contributed by atoms with van der Waals surface area (Å²) in [6.07, 6.45) is 9.80. The predicted octanol–water partition coefficient (Wildman–Crippen LogP) is 4.28. The van der Waals surface area contributed by atoms with Crippen LogP contribution in [0, 0.1) is 22.7 Å². The van der Waals surface area contributed by atoms with Gasteiger partial charge in [0.2, 0.25) is 0 Å². The van der Waals surface area contributed by atoms with E-state index in [1.165, 1.54) is 12.5 Å². The molecule has 1 aromatic rings. The van der Waals surface area contributed by atoms with Gasteiger partial charge in [-0.05, 0) is 62.8 Å². The van der Waals surface area contributed by atoms with Crippen LogP contribution in [0.4, 0.5) is 0 Å². The van der Waals surface area contributed by atoms with Gasteiger partial charge in [-0.3, -0.25) is 0 Å². The summed E-state index contributed by atoms with van der Waals surface area (Å²) in [6.45, 7) is 0. The molecule has 1 aliphatic carbocycles. The summed E-state index contributed by atoms with van der Waals surface area (Å²) >= 11 is 0. The van der Waals surface area contributed by atoms with Crippen LogP contribution < -0.4 is 0 Å². The number of allylic oxidation sites excluding steroid dienone is 2. The van der Waals surface area contributed by atoms with E-state index >= 15 is 0 Å². The van der Waals surface area contributed by atoms with Crippen LogP contribution in [0.25, 0.3) is 0 Å². The molecular formula is C19H20N2O2. The molecule has 1 saturated carbocycles. The summed E-state index contributed by atoms with van der Waals surface area (Å²) in [5.74, 6) is -0.333. The quantitative estimate of drug-likeness (QED) is 0.601. The normalized spacial score (nSPS) is 16.4. The molecule has 0 bridgehead atoms. The molecule has 1 fully saturated rings. The molecule has 1 aromatic carbocycles. The molecule has 0 saturated heterocycles. The summed E-state index contributed by atoms with van der Waals surface area (Å²) in [7, 11) is 0. The van der Waals surface area contributed by atoms with Crippen LogP contribution in [0.15, 0.2) is 36.4 Å². The van der Waals surface area contributed by atoms with Crippen LogP contribution >= 0.6 is 0 Å². The number of hydrogen-bond acceptors (Lipinski definition) is 4. The van der Waals surface area contributed by atoms with Crippen molar-refractivity contribution in [2.45, 2.75) is 50.5 Å². The molecule has 0 atom stereocenters. The van der Waals surface area contributed by atoms with E-state index in [2.05, 4.69) is 0 Å². The highest BCUT2D eigenvalue weighted by molar-refractivity contribution is 5.89. The van der Waals surface area contributed by atoms with E-state index in [1.807, 2.05) is 18.2 Å². The van der Waals surface area contributed by atoms with Crippen molar-refractivity contribution in [2.24, 2.45) is 0 Å². The topological polar surface area (TPSA) is 73.9 Å². The number of carbonyl (C=O) groups is 1. The first kappa shape index (κ1) is 16.8. The lowest BCUT2D eigenvalue weighted by Gasteiger charge is -2.36. The molecule has 4 nitrogen and oxygen atoms in total. The Kier molecular flexibility index (Phi) is 5.94. The van der Waals surface area contributed by atoms with E-state index in [4.69, 9.17) is 15.3 Å². The molecule has 0 radical (unpaired) electrons. The first-order valence-corrected chi connectivity index (χ1v) is 7.97. The van der Waals surface area contributed by atoms with Crippen LogP contribution in [0.5, 0.6) is 0 Å². The third kappa shape index (κ3) is 4.69. The highest BCUT2D eigenvalue weighted by Gasteiger charge is 2.35. The maximum atomic E-state index is 12.4. The van der Waals surface area contributed by atoms with Gasteiger partial charge in [-0.2, -0.15) is 10.5 Å². The highest BCUT2D eigenvalue weighted by Crippen LogP contribution is 2.36. The van der Waals surface area contributed by atoms with Crippen molar-refractivity contribution in [1.29, 1.82) is 10.5 Å². The van der Waals surface area contributed by atoms with Gasteiger partial charge in [0.25, 0.3) is 0 Å². The molecule has 4 heteroatoms. The molecule has 0 amide bonds. The molecule has 0 N–H and O–H groups in total. The molecule has 23 heavy (non-hydrogen) atoms. The van der Waals surface area contributed by atoms with Crippen molar-refractivity contribution < 1.29 is 9.53 Å². The highest BCUT2D eigenvalue weighted by atomic mass is 16.6. The molecular weight excluding hydrogens is 288 g/mol. The summed E-state index contributed by atoms with van der Waals surface area (Å²) in [6, 6.07) is 10.5. The van der Waals surface area contributed by atoms with E-state index in [0.717, 1.165) is 38.5 Å². The standard InChI is InChI=1S/C19H20N2O2/c20-14-6-2-5-13-19(11-3-1-4-12-19)23-18(22)17-9-7-16(15-21)8-10-17/h2,6-10H,1,3-5,11-13H2/b6-2+. The fourth-order valence-electron chi connectivity index (χ4n) is 3.02. The molecule has 2 rings (SSSR count). The van der Waals surface area contributed by atoms with Crippen LogP contribution in [-0.2, 0) is 4.74 Å². The van der Waals surface area contributed by atoms with Gasteiger partial charge in [-0.15, -0.1) is 0 Å². The Labute approximate surface area is 137 Å². The van der Waals surface area contributed by atoms with Crippen LogP contribution in [0.2, 0.25) is 0 Å². The Bertz CT molecular complexity index is 641. The summed E-state index contributed by atoms with van der Waals surface area (Å²) < 4.78 is 5.88. The monoisotopic (exact) mass is 308 g/mol. The fraction of sp³-hybridized carbons (Fsp3) is 0.421. The van der Waals surface area contributed by atoms with Crippen molar-refractivity contribution >= 4 is 5.97 Å². The summed E-state index contributed by atoms with van der Waals surface area (Å²) in [4.78, 5) is 12.4. The summed E-state index contributed by atoms with van der Waals surface area (Å²) in [5, 5.41) is 17.4. The molecule has 1 aliphatic rings. The van der Waals surface area contributed by atoms with Gasteiger partial charge in [0.15, 0.2) is 0 Å². The first-order chi connectivity index (χ1) is 11.2. The van der Waals surface area contributed by atoms with Crippen LogP contribution in [-0.4, -0.2) is 11.6 Å². The maximum absolute atomic E-state index is 12.4. The van der Waals surface area contributed by atoms with E-state index in [0.29, 0.717) is 11.1 Å². The molecule has 118 valence electrons. The number of ether oxygens (including phenoxy) is 1. The lowest BCUT2D eigenvalue weighted by Crippen LogP contribution is -2.37. The van der Waals surface area contributed by atoms with Crippen molar-refractivity contribution in [1.82, 2.24) is 0 Å². The third-order valence-electron chi connectivity index (χ3n) is 4.28. The smallest absolute Gasteiger partial charge is 0.338 e. The summed E-state index contributed by atoms with van der Waals surface area (Å²) in [5.41, 5.74) is 0.570. The average Bonchev–Trinajstić information content (AvgIpc) is 2.59.